The fourth-order valence-electron chi connectivity index (χ4n) is 3.19. The molecular formula is C25H25F4NO2. The third-order valence-corrected chi connectivity index (χ3v) is 4.93. The van der Waals surface area contributed by atoms with Crippen molar-refractivity contribution in [2.75, 3.05) is 6.54 Å². The summed E-state index contributed by atoms with van der Waals surface area (Å²) in [7, 11) is 0. The molecule has 32 heavy (non-hydrogen) atoms. The van der Waals surface area contributed by atoms with Crippen molar-refractivity contribution in [3.05, 3.63) is 94.6 Å². The first-order chi connectivity index (χ1) is 15.4. The number of ether oxygens (including phenoxy) is 2. The standard InChI is InChI=1S/C25H25F4NO2/c26-20-7-5-18(24(28)12-20)15-31-22-10-17(4-2-1-3-9-30)11-23(14-22)32-16-19-6-8-21(27)13-25(19)29/h5-8,10-14H,1-4,9,15-16,30H2. The first-order valence-electron chi connectivity index (χ1n) is 10.4. The summed E-state index contributed by atoms with van der Waals surface area (Å²) in [6.45, 7) is 0.452. The smallest absolute Gasteiger partial charge is 0.132 e. The highest BCUT2D eigenvalue weighted by molar-refractivity contribution is 5.39. The van der Waals surface area contributed by atoms with E-state index in [1.807, 2.05) is 12.1 Å². The van der Waals surface area contributed by atoms with Crippen LogP contribution in [0.3, 0.4) is 0 Å². The fourth-order valence-corrected chi connectivity index (χ4v) is 3.19. The number of benzene rings is 3. The molecule has 0 spiro atoms. The molecule has 0 unspecified atom stereocenters. The average Bonchev–Trinajstić information content (AvgIpc) is 2.75. The lowest BCUT2D eigenvalue weighted by Gasteiger charge is -2.13. The van der Waals surface area contributed by atoms with Crippen molar-refractivity contribution in [3.63, 3.8) is 0 Å². The summed E-state index contributed by atoms with van der Waals surface area (Å²) in [5, 5.41) is 0. The maximum Gasteiger partial charge on any atom is 0.132 e. The Morgan fingerprint density at radius 1 is 0.625 bits per heavy atom. The SMILES string of the molecule is NCCCCCc1cc(OCc2ccc(F)cc2F)cc(OCc2ccc(F)cc2F)c1. The molecule has 0 radical (unpaired) electrons. The maximum absolute atomic E-state index is 13.9. The zero-order chi connectivity index (χ0) is 22.9. The number of hydrogen-bond donors (Lipinski definition) is 1. The quantitative estimate of drug-likeness (QED) is 0.287. The van der Waals surface area contributed by atoms with Crippen LogP contribution in [0.5, 0.6) is 11.5 Å². The van der Waals surface area contributed by atoms with Gasteiger partial charge in [0, 0.05) is 29.3 Å². The van der Waals surface area contributed by atoms with E-state index in [2.05, 4.69) is 0 Å². The Morgan fingerprint density at radius 3 is 1.62 bits per heavy atom. The van der Waals surface area contributed by atoms with E-state index >= 15 is 0 Å². The Balaban J connectivity index is 1.73. The highest BCUT2D eigenvalue weighted by atomic mass is 19.1. The Morgan fingerprint density at radius 2 is 1.16 bits per heavy atom. The molecule has 0 aromatic heterocycles. The van der Waals surface area contributed by atoms with E-state index in [1.54, 1.807) is 6.07 Å². The van der Waals surface area contributed by atoms with Crippen LogP contribution in [-0.2, 0) is 19.6 Å². The molecular weight excluding hydrogens is 422 g/mol. The third-order valence-electron chi connectivity index (χ3n) is 4.93. The van der Waals surface area contributed by atoms with Gasteiger partial charge in [-0.3, -0.25) is 0 Å². The summed E-state index contributed by atoms with van der Waals surface area (Å²) in [5.74, 6) is -1.81. The molecule has 0 amide bonds. The van der Waals surface area contributed by atoms with Crippen molar-refractivity contribution in [2.45, 2.75) is 38.9 Å². The van der Waals surface area contributed by atoms with E-state index in [4.69, 9.17) is 15.2 Å². The van der Waals surface area contributed by atoms with Crippen LogP contribution in [0.15, 0.2) is 54.6 Å². The molecule has 0 bridgehead atoms. The molecule has 0 aliphatic rings. The number of aryl methyl sites for hydroxylation is 1. The van der Waals surface area contributed by atoms with Crippen LogP contribution in [0.2, 0.25) is 0 Å². The fraction of sp³-hybridized carbons (Fsp3) is 0.280. The van der Waals surface area contributed by atoms with Crippen LogP contribution >= 0.6 is 0 Å². The molecule has 3 nitrogen and oxygen atoms in total. The van der Waals surface area contributed by atoms with Crippen molar-refractivity contribution in [3.8, 4) is 11.5 Å². The molecule has 3 aromatic rings. The first-order valence-corrected chi connectivity index (χ1v) is 10.4. The molecule has 0 aliphatic carbocycles. The molecule has 0 heterocycles. The Hall–Kier alpha value is -3.06. The lowest BCUT2D eigenvalue weighted by molar-refractivity contribution is 0.283. The second-order valence-electron chi connectivity index (χ2n) is 7.46. The van der Waals surface area contributed by atoms with Crippen LogP contribution < -0.4 is 15.2 Å². The summed E-state index contributed by atoms with van der Waals surface area (Å²) < 4.78 is 65.5. The van der Waals surface area contributed by atoms with Crippen LogP contribution in [0, 0.1) is 23.3 Å². The molecule has 3 rings (SSSR count). The second kappa shape index (κ2) is 11.5. The second-order valence-corrected chi connectivity index (χ2v) is 7.46. The average molecular weight is 447 g/mol. The zero-order valence-corrected chi connectivity index (χ0v) is 17.6. The monoisotopic (exact) mass is 447 g/mol. The largest absolute Gasteiger partial charge is 0.489 e. The van der Waals surface area contributed by atoms with Gasteiger partial charge in [-0.2, -0.15) is 0 Å². The molecule has 0 atom stereocenters. The van der Waals surface area contributed by atoms with Crippen molar-refractivity contribution >= 4 is 0 Å². The Labute approximate surface area is 184 Å². The van der Waals surface area contributed by atoms with E-state index in [0.29, 0.717) is 18.0 Å². The summed E-state index contributed by atoms with van der Waals surface area (Å²) in [5.41, 5.74) is 6.92. The molecule has 7 heteroatoms. The van der Waals surface area contributed by atoms with Crippen LogP contribution in [0.1, 0.15) is 36.0 Å². The summed E-state index contributed by atoms with van der Waals surface area (Å²) >= 11 is 0. The molecule has 0 fully saturated rings. The van der Waals surface area contributed by atoms with E-state index in [0.717, 1.165) is 43.4 Å². The van der Waals surface area contributed by atoms with Crippen molar-refractivity contribution < 1.29 is 27.0 Å². The van der Waals surface area contributed by atoms with Gasteiger partial charge in [0.2, 0.25) is 0 Å². The van der Waals surface area contributed by atoms with Gasteiger partial charge in [0.05, 0.1) is 0 Å². The van der Waals surface area contributed by atoms with Crippen molar-refractivity contribution in [2.24, 2.45) is 5.73 Å². The lowest BCUT2D eigenvalue weighted by atomic mass is 10.1. The maximum atomic E-state index is 13.9. The van der Waals surface area contributed by atoms with Gasteiger partial charge < -0.3 is 15.2 Å². The van der Waals surface area contributed by atoms with Crippen molar-refractivity contribution in [1.29, 1.82) is 0 Å². The first kappa shape index (κ1) is 23.6. The highest BCUT2D eigenvalue weighted by Gasteiger charge is 2.09. The molecule has 0 aliphatic heterocycles. The van der Waals surface area contributed by atoms with Crippen LogP contribution in [-0.4, -0.2) is 6.54 Å². The number of rotatable bonds is 11. The van der Waals surface area contributed by atoms with E-state index in [1.165, 1.54) is 24.3 Å². The highest BCUT2D eigenvalue weighted by Crippen LogP contribution is 2.26. The Bertz CT molecular complexity index is 969. The third kappa shape index (κ3) is 6.99. The number of halogens is 4. The van der Waals surface area contributed by atoms with E-state index in [-0.39, 0.29) is 24.3 Å². The number of hydrogen-bond acceptors (Lipinski definition) is 3. The van der Waals surface area contributed by atoms with Gasteiger partial charge in [-0.25, -0.2) is 17.6 Å². The number of unbranched alkanes of at least 4 members (excludes halogenated alkanes) is 2. The summed E-state index contributed by atoms with van der Waals surface area (Å²) in [6, 6.07) is 11.9. The summed E-state index contributed by atoms with van der Waals surface area (Å²) in [4.78, 5) is 0. The predicted octanol–water partition coefficient (Wildman–Crippen LogP) is 6.07. The lowest BCUT2D eigenvalue weighted by Crippen LogP contribution is -2.02. The van der Waals surface area contributed by atoms with Crippen molar-refractivity contribution in [1.82, 2.24) is 0 Å². The number of nitrogens with two attached hydrogens (primary N) is 1. The molecule has 170 valence electrons. The molecule has 3 aromatic carbocycles. The molecule has 0 saturated carbocycles. The molecule has 0 saturated heterocycles. The predicted molar refractivity (Wildman–Crippen MR) is 114 cm³/mol. The molecule has 2 N–H and O–H groups in total. The minimum Gasteiger partial charge on any atom is -0.489 e. The van der Waals surface area contributed by atoms with E-state index in [9.17, 15) is 17.6 Å². The zero-order valence-electron chi connectivity index (χ0n) is 17.6. The van der Waals surface area contributed by atoms with E-state index < -0.39 is 23.3 Å². The minimum atomic E-state index is -0.689. The van der Waals surface area contributed by atoms with Gasteiger partial charge in [-0.1, -0.05) is 6.42 Å². The van der Waals surface area contributed by atoms with Gasteiger partial charge in [0.1, 0.15) is 48.0 Å². The van der Waals surface area contributed by atoms with Gasteiger partial charge in [0.15, 0.2) is 0 Å². The van der Waals surface area contributed by atoms with Crippen LogP contribution in [0.25, 0.3) is 0 Å². The normalized spacial score (nSPS) is 10.9. The Kier molecular flexibility index (Phi) is 8.50. The van der Waals surface area contributed by atoms with Gasteiger partial charge in [0.25, 0.3) is 0 Å². The minimum absolute atomic E-state index is 0.0885. The van der Waals surface area contributed by atoms with Gasteiger partial charge in [-0.15, -0.1) is 0 Å². The van der Waals surface area contributed by atoms with Gasteiger partial charge >= 0.3 is 0 Å². The topological polar surface area (TPSA) is 44.5 Å². The summed E-state index contributed by atoms with van der Waals surface area (Å²) in [6.07, 6.45) is 3.56. The van der Waals surface area contributed by atoms with Crippen LogP contribution in [0.4, 0.5) is 17.6 Å². The van der Waals surface area contributed by atoms with Gasteiger partial charge in [-0.05, 0) is 67.8 Å².